The monoisotopic (exact) mass is 679 g/mol. The second-order valence-electron chi connectivity index (χ2n) is 9.97. The van der Waals surface area contributed by atoms with Crippen LogP contribution in [0.15, 0.2) is 79.9 Å². The van der Waals surface area contributed by atoms with Crippen molar-refractivity contribution in [2.24, 2.45) is 4.99 Å². The fourth-order valence-electron chi connectivity index (χ4n) is 5.18. The molecule has 0 atom stereocenters. The van der Waals surface area contributed by atoms with Gasteiger partial charge in [-0.1, -0.05) is 18.2 Å². The molecule has 5 rings (SSSR count). The maximum absolute atomic E-state index is 14.4. The van der Waals surface area contributed by atoms with Crippen LogP contribution in [0, 0.1) is 29.1 Å². The van der Waals surface area contributed by atoms with E-state index in [0.29, 0.717) is 52.8 Å². The fraction of sp³-hybridized carbons (Fsp3) is 0.194. The zero-order chi connectivity index (χ0) is 33.6. The molecule has 0 saturated carbocycles. The summed E-state index contributed by atoms with van der Waals surface area (Å²) in [5.74, 6) is -12.8. The summed E-state index contributed by atoms with van der Waals surface area (Å²) in [6, 6.07) is 15.5. The highest BCUT2D eigenvalue weighted by Crippen LogP contribution is 2.43. The zero-order valence-corrected chi connectivity index (χ0v) is 26.2. The Morgan fingerprint density at radius 3 is 2.00 bits per heavy atom. The predicted molar refractivity (Wildman–Crippen MR) is 162 cm³/mol. The summed E-state index contributed by atoms with van der Waals surface area (Å²) < 4.78 is 131. The number of fused-ring (bicyclic) bond motifs is 2. The smallest absolute Gasteiger partial charge is 0.259 e. The number of benzene rings is 4. The summed E-state index contributed by atoms with van der Waals surface area (Å²) in [4.78, 5) is 3.46. The third-order valence-corrected chi connectivity index (χ3v) is 10.8. The molecule has 0 amide bonds. The number of hydrogen-bond acceptors (Lipinski definition) is 7. The lowest BCUT2D eigenvalue weighted by atomic mass is 9.93. The summed E-state index contributed by atoms with van der Waals surface area (Å²) in [6.07, 6.45) is 0. The van der Waals surface area contributed by atoms with E-state index >= 15 is 0 Å². The molecule has 3 aromatic rings. The second kappa shape index (κ2) is 12.5. The SMILES string of the molecule is CCN=c1ccc2c(-c3ccccc3S(=O)(=O)NS(=O)(=O)c3c(F)c(F)c(F)c(F)c3F)c3ccc(N(CC)CC)cc3oc-2c1. The largest absolute Gasteiger partial charge is 0.456 e. The third-order valence-electron chi connectivity index (χ3n) is 7.26. The molecule has 0 unspecified atom stereocenters. The molecule has 0 bridgehead atoms. The van der Waals surface area contributed by atoms with Gasteiger partial charge in [-0.3, -0.25) is 4.99 Å². The van der Waals surface area contributed by atoms with Crippen LogP contribution in [0.1, 0.15) is 20.8 Å². The van der Waals surface area contributed by atoms with Crippen LogP contribution in [0.4, 0.5) is 27.6 Å². The highest BCUT2D eigenvalue weighted by Gasteiger charge is 2.37. The van der Waals surface area contributed by atoms with Crippen molar-refractivity contribution < 1.29 is 43.2 Å². The topological polar surface area (TPSA) is 109 Å². The van der Waals surface area contributed by atoms with Gasteiger partial charge in [-0.2, -0.15) is 0 Å². The van der Waals surface area contributed by atoms with Crippen molar-refractivity contribution in [2.75, 3.05) is 24.5 Å². The first-order chi connectivity index (χ1) is 21.7. The van der Waals surface area contributed by atoms with Gasteiger partial charge < -0.3 is 9.32 Å². The minimum atomic E-state index is -5.88. The van der Waals surface area contributed by atoms with E-state index in [1.54, 1.807) is 30.3 Å². The van der Waals surface area contributed by atoms with Crippen LogP contribution < -0.4 is 14.4 Å². The van der Waals surface area contributed by atoms with Gasteiger partial charge in [0.2, 0.25) is 5.82 Å². The average Bonchev–Trinajstić information content (AvgIpc) is 3.01. The molecule has 1 N–H and O–H groups in total. The molecular weight excluding hydrogens is 653 g/mol. The predicted octanol–water partition coefficient (Wildman–Crippen LogP) is 6.33. The van der Waals surface area contributed by atoms with Gasteiger partial charge in [0.05, 0.1) is 10.3 Å². The van der Waals surface area contributed by atoms with Crippen LogP contribution in [-0.4, -0.2) is 36.5 Å². The van der Waals surface area contributed by atoms with E-state index in [1.807, 2.05) is 26.8 Å². The Kier molecular flexibility index (Phi) is 8.94. The van der Waals surface area contributed by atoms with Crippen LogP contribution in [-0.2, 0) is 20.0 Å². The molecule has 0 saturated heterocycles. The van der Waals surface area contributed by atoms with Crippen molar-refractivity contribution >= 4 is 36.7 Å². The Hall–Kier alpha value is -4.34. The van der Waals surface area contributed by atoms with E-state index in [1.165, 1.54) is 18.2 Å². The van der Waals surface area contributed by atoms with Crippen molar-refractivity contribution in [3.8, 4) is 22.5 Å². The maximum atomic E-state index is 14.4. The molecular formula is C31H26F5N3O5S2. The van der Waals surface area contributed by atoms with Crippen molar-refractivity contribution in [1.82, 2.24) is 4.13 Å². The van der Waals surface area contributed by atoms with Gasteiger partial charge in [0.1, 0.15) is 11.3 Å². The summed E-state index contributed by atoms with van der Waals surface area (Å²) >= 11 is 0. The molecule has 0 radical (unpaired) electrons. The number of sulfonamides is 2. The van der Waals surface area contributed by atoms with E-state index in [-0.39, 0.29) is 5.56 Å². The van der Waals surface area contributed by atoms with Gasteiger partial charge in [-0.15, -0.1) is 4.13 Å². The fourth-order valence-corrected chi connectivity index (χ4v) is 8.40. The van der Waals surface area contributed by atoms with E-state index < -0.39 is 58.9 Å². The Morgan fingerprint density at radius 1 is 0.739 bits per heavy atom. The highest BCUT2D eigenvalue weighted by molar-refractivity contribution is 8.04. The standard InChI is InChI=1S/C31H26F5N3O5S2/c1-4-37-17-11-13-19-22(15-17)44-23-16-18(39(5-2)6-3)12-14-20(23)25(19)21-9-7-8-10-24(21)45(40,41)38-46(42,43)31-29(35)27(33)26(32)28(34)30(31)36/h7-16,38H,4-6H2,1-3H3. The lowest BCUT2D eigenvalue weighted by Gasteiger charge is -2.23. The molecule has 8 nitrogen and oxygen atoms in total. The molecule has 1 aliphatic carbocycles. The number of hydrogen-bond donors (Lipinski definition) is 1. The van der Waals surface area contributed by atoms with Gasteiger partial charge in [-0.25, -0.2) is 38.8 Å². The normalized spacial score (nSPS) is 12.7. The average molecular weight is 680 g/mol. The number of rotatable bonds is 9. The number of nitrogens with one attached hydrogen (secondary N) is 1. The molecule has 46 heavy (non-hydrogen) atoms. The van der Waals surface area contributed by atoms with Gasteiger partial charge in [0, 0.05) is 59.5 Å². The minimum absolute atomic E-state index is 0.0378. The van der Waals surface area contributed by atoms with E-state index in [9.17, 15) is 38.8 Å². The summed E-state index contributed by atoms with van der Waals surface area (Å²) in [5.41, 5.74) is 1.86. The molecule has 0 fully saturated rings. The molecule has 15 heteroatoms. The molecule has 242 valence electrons. The minimum Gasteiger partial charge on any atom is -0.456 e. The van der Waals surface area contributed by atoms with Gasteiger partial charge in [0.25, 0.3) is 20.0 Å². The van der Waals surface area contributed by atoms with Crippen LogP contribution in [0.2, 0.25) is 0 Å². The van der Waals surface area contributed by atoms with Crippen LogP contribution >= 0.6 is 0 Å². The van der Waals surface area contributed by atoms with Gasteiger partial charge >= 0.3 is 0 Å². The van der Waals surface area contributed by atoms with Gasteiger partial charge in [0.15, 0.2) is 28.2 Å². The summed E-state index contributed by atoms with van der Waals surface area (Å²) in [7, 11) is -11.1. The van der Waals surface area contributed by atoms with Crippen LogP contribution in [0.5, 0.6) is 0 Å². The number of halogens is 5. The molecule has 1 heterocycles. The second-order valence-corrected chi connectivity index (χ2v) is 13.5. The summed E-state index contributed by atoms with van der Waals surface area (Å²) in [6.45, 7) is 7.65. The molecule has 2 aliphatic rings. The van der Waals surface area contributed by atoms with Crippen molar-refractivity contribution in [2.45, 2.75) is 30.6 Å². The Labute approximate surface area is 261 Å². The molecule has 0 aromatic heterocycles. The lowest BCUT2D eigenvalue weighted by molar-refractivity contribution is 0.357. The Balaban J connectivity index is 1.77. The first-order valence-corrected chi connectivity index (χ1v) is 16.9. The molecule has 3 aromatic carbocycles. The van der Waals surface area contributed by atoms with E-state index in [2.05, 4.69) is 9.89 Å². The Bertz CT molecular complexity index is 2220. The van der Waals surface area contributed by atoms with Crippen LogP contribution in [0.25, 0.3) is 33.4 Å². The first-order valence-electron chi connectivity index (χ1n) is 13.9. The van der Waals surface area contributed by atoms with Crippen LogP contribution in [0.3, 0.4) is 0 Å². The number of nitrogens with zero attached hydrogens (tertiary/aromatic N) is 2. The van der Waals surface area contributed by atoms with E-state index in [0.717, 1.165) is 15.9 Å². The van der Waals surface area contributed by atoms with Crippen molar-refractivity contribution in [3.05, 3.63) is 95.1 Å². The molecule has 0 spiro atoms. The van der Waals surface area contributed by atoms with Gasteiger partial charge in [-0.05, 0) is 51.1 Å². The zero-order valence-electron chi connectivity index (χ0n) is 24.5. The molecule has 1 aliphatic heterocycles. The lowest BCUT2D eigenvalue weighted by Crippen LogP contribution is -2.33. The number of anilines is 1. The Morgan fingerprint density at radius 2 is 1.37 bits per heavy atom. The van der Waals surface area contributed by atoms with E-state index in [4.69, 9.17) is 4.42 Å². The quantitative estimate of drug-likeness (QED) is 0.0844. The highest BCUT2D eigenvalue weighted by atomic mass is 32.3. The third kappa shape index (κ3) is 5.74. The first kappa shape index (κ1) is 33.0. The summed E-state index contributed by atoms with van der Waals surface area (Å²) in [5, 5.41) is 1.02. The van der Waals surface area contributed by atoms with Crippen molar-refractivity contribution in [1.29, 1.82) is 0 Å². The van der Waals surface area contributed by atoms with Crippen molar-refractivity contribution in [3.63, 3.8) is 0 Å². The maximum Gasteiger partial charge on any atom is 0.259 e.